The molecule has 0 spiro atoms. The monoisotopic (exact) mass is 334 g/mol. The molecule has 0 radical (unpaired) electrons. The van der Waals surface area contributed by atoms with Gasteiger partial charge in [-0.25, -0.2) is 0 Å². The number of hydrogen-bond donors (Lipinski definition) is 1. The summed E-state index contributed by atoms with van der Waals surface area (Å²) in [5, 5.41) is 2.95. The lowest BCUT2D eigenvalue weighted by atomic mass is 9.95. The van der Waals surface area contributed by atoms with Gasteiger partial charge in [-0.05, 0) is 36.6 Å². The molecule has 1 aliphatic heterocycles. The zero-order valence-corrected chi connectivity index (χ0v) is 14.1. The van der Waals surface area contributed by atoms with Gasteiger partial charge in [0.05, 0.1) is 0 Å². The molecule has 128 valence electrons. The Kier molecular flexibility index (Phi) is 5.62. The normalized spacial score (nSPS) is 15.3. The predicted molar refractivity (Wildman–Crippen MR) is 99.9 cm³/mol. The van der Waals surface area contributed by atoms with Gasteiger partial charge in [-0.15, -0.1) is 0 Å². The highest BCUT2D eigenvalue weighted by atomic mass is 16.2. The fourth-order valence-electron chi connectivity index (χ4n) is 2.96. The molecule has 3 rings (SSSR count). The summed E-state index contributed by atoms with van der Waals surface area (Å²) in [6.07, 6.45) is 4.84. The van der Waals surface area contributed by atoms with E-state index >= 15 is 0 Å². The van der Waals surface area contributed by atoms with Crippen molar-refractivity contribution in [3.05, 3.63) is 72.3 Å². The Balaban J connectivity index is 1.49. The number of piperidine rings is 1. The molecule has 2 aromatic carbocycles. The molecule has 1 heterocycles. The number of carbonyl (C=O) groups excluding carboxylic acids is 2. The second kappa shape index (κ2) is 8.29. The third-order valence-corrected chi connectivity index (χ3v) is 4.44. The van der Waals surface area contributed by atoms with Gasteiger partial charge in [-0.1, -0.05) is 48.5 Å². The summed E-state index contributed by atoms with van der Waals surface area (Å²) in [6.45, 7) is 1.23. The van der Waals surface area contributed by atoms with Gasteiger partial charge < -0.3 is 10.2 Å². The van der Waals surface area contributed by atoms with E-state index in [1.54, 1.807) is 6.08 Å². The maximum Gasteiger partial charge on any atom is 0.246 e. The highest BCUT2D eigenvalue weighted by Gasteiger charge is 2.26. The second-order valence-electron chi connectivity index (χ2n) is 6.20. The maximum atomic E-state index is 12.3. The SMILES string of the molecule is O=C(Nc1ccccc1)C1CCN(C(=O)C=Cc2ccccc2)CC1. The fourth-order valence-corrected chi connectivity index (χ4v) is 2.96. The van der Waals surface area contributed by atoms with Crippen LogP contribution in [0.25, 0.3) is 6.08 Å². The average molecular weight is 334 g/mol. The first kappa shape index (κ1) is 17.0. The second-order valence-corrected chi connectivity index (χ2v) is 6.20. The molecular formula is C21H22N2O2. The van der Waals surface area contributed by atoms with Crippen LogP contribution in [0.4, 0.5) is 5.69 Å². The summed E-state index contributed by atoms with van der Waals surface area (Å²) in [4.78, 5) is 26.4. The Labute approximate surface area is 148 Å². The van der Waals surface area contributed by atoms with E-state index in [9.17, 15) is 9.59 Å². The Morgan fingerprint density at radius 3 is 2.16 bits per heavy atom. The van der Waals surface area contributed by atoms with Crippen LogP contribution < -0.4 is 5.32 Å². The molecule has 0 unspecified atom stereocenters. The lowest BCUT2D eigenvalue weighted by Gasteiger charge is -2.30. The highest BCUT2D eigenvalue weighted by Crippen LogP contribution is 2.20. The molecule has 1 aliphatic rings. The summed E-state index contributed by atoms with van der Waals surface area (Å²) in [5.74, 6) is 0.00579. The highest BCUT2D eigenvalue weighted by molar-refractivity contribution is 5.94. The molecule has 0 saturated carbocycles. The molecule has 2 aromatic rings. The molecule has 4 heteroatoms. The molecule has 25 heavy (non-hydrogen) atoms. The molecule has 0 aliphatic carbocycles. The minimum atomic E-state index is -0.0395. The Hall–Kier alpha value is -2.88. The number of hydrogen-bond acceptors (Lipinski definition) is 2. The minimum Gasteiger partial charge on any atom is -0.339 e. The number of amides is 2. The van der Waals surface area contributed by atoms with Crippen molar-refractivity contribution in [1.82, 2.24) is 4.90 Å². The fraction of sp³-hybridized carbons (Fsp3) is 0.238. The van der Waals surface area contributed by atoms with Gasteiger partial charge in [0.2, 0.25) is 11.8 Å². The van der Waals surface area contributed by atoms with Crippen LogP contribution in [0.15, 0.2) is 66.7 Å². The number of carbonyl (C=O) groups is 2. The molecule has 0 aromatic heterocycles. The summed E-state index contributed by atoms with van der Waals surface area (Å²) in [5.41, 5.74) is 1.82. The third-order valence-electron chi connectivity index (χ3n) is 4.44. The van der Waals surface area contributed by atoms with Crippen LogP contribution in [0.1, 0.15) is 18.4 Å². The first-order valence-corrected chi connectivity index (χ1v) is 8.60. The van der Waals surface area contributed by atoms with Crippen LogP contribution in [0.5, 0.6) is 0 Å². The first-order valence-electron chi connectivity index (χ1n) is 8.60. The van der Waals surface area contributed by atoms with E-state index in [-0.39, 0.29) is 17.7 Å². The smallest absolute Gasteiger partial charge is 0.246 e. The van der Waals surface area contributed by atoms with Gasteiger partial charge in [0.15, 0.2) is 0 Å². The molecule has 1 N–H and O–H groups in total. The predicted octanol–water partition coefficient (Wildman–Crippen LogP) is 3.58. The summed E-state index contributed by atoms with van der Waals surface area (Å²) in [6, 6.07) is 19.2. The van der Waals surface area contributed by atoms with Crippen LogP contribution in [-0.2, 0) is 9.59 Å². The summed E-state index contributed by atoms with van der Waals surface area (Å²) < 4.78 is 0. The standard InChI is InChI=1S/C21H22N2O2/c24-20(12-11-17-7-3-1-4-8-17)23-15-13-18(14-16-23)21(25)22-19-9-5-2-6-10-19/h1-12,18H,13-16H2,(H,22,25). The van der Waals surface area contributed by atoms with Gasteiger partial charge in [-0.3, -0.25) is 9.59 Å². The van der Waals surface area contributed by atoms with Crippen LogP contribution in [-0.4, -0.2) is 29.8 Å². The number of para-hydroxylation sites is 1. The van der Waals surface area contributed by atoms with E-state index in [0.29, 0.717) is 25.9 Å². The van der Waals surface area contributed by atoms with Crippen LogP contribution >= 0.6 is 0 Å². The molecular weight excluding hydrogens is 312 g/mol. The van der Waals surface area contributed by atoms with Crippen LogP contribution in [0.3, 0.4) is 0 Å². The van der Waals surface area contributed by atoms with Crippen LogP contribution in [0, 0.1) is 5.92 Å². The molecule has 2 amide bonds. The number of likely N-dealkylation sites (tertiary alicyclic amines) is 1. The van der Waals surface area contributed by atoms with Crippen molar-refractivity contribution < 1.29 is 9.59 Å². The van der Waals surface area contributed by atoms with Crippen molar-refractivity contribution in [2.24, 2.45) is 5.92 Å². The first-order chi connectivity index (χ1) is 12.2. The molecule has 1 fully saturated rings. The minimum absolute atomic E-state index is 0.00534. The van der Waals surface area contributed by atoms with Gasteiger partial charge in [0.25, 0.3) is 0 Å². The Morgan fingerprint density at radius 2 is 1.52 bits per heavy atom. The Bertz CT molecular complexity index is 733. The maximum absolute atomic E-state index is 12.3. The van der Waals surface area contributed by atoms with Gasteiger partial charge in [-0.2, -0.15) is 0 Å². The lowest BCUT2D eigenvalue weighted by molar-refractivity contribution is -0.130. The molecule has 1 saturated heterocycles. The van der Waals surface area contributed by atoms with Gasteiger partial charge >= 0.3 is 0 Å². The van der Waals surface area contributed by atoms with E-state index in [1.165, 1.54) is 0 Å². The molecule has 0 atom stereocenters. The number of anilines is 1. The number of rotatable bonds is 4. The van der Waals surface area contributed by atoms with Crippen molar-refractivity contribution in [3.63, 3.8) is 0 Å². The Morgan fingerprint density at radius 1 is 0.920 bits per heavy atom. The topological polar surface area (TPSA) is 49.4 Å². The van der Waals surface area contributed by atoms with Crippen molar-refractivity contribution in [3.8, 4) is 0 Å². The van der Waals surface area contributed by atoms with E-state index in [1.807, 2.05) is 71.6 Å². The van der Waals surface area contributed by atoms with E-state index < -0.39 is 0 Å². The zero-order chi connectivity index (χ0) is 17.5. The average Bonchev–Trinajstić information content (AvgIpc) is 2.68. The zero-order valence-electron chi connectivity index (χ0n) is 14.1. The number of nitrogens with one attached hydrogen (secondary N) is 1. The summed E-state index contributed by atoms with van der Waals surface area (Å²) >= 11 is 0. The van der Waals surface area contributed by atoms with Gasteiger partial charge in [0.1, 0.15) is 0 Å². The van der Waals surface area contributed by atoms with E-state index in [0.717, 1.165) is 11.3 Å². The van der Waals surface area contributed by atoms with Crippen molar-refractivity contribution in [1.29, 1.82) is 0 Å². The number of nitrogens with zero attached hydrogens (tertiary/aromatic N) is 1. The quantitative estimate of drug-likeness (QED) is 0.869. The number of benzene rings is 2. The lowest BCUT2D eigenvalue weighted by Crippen LogP contribution is -2.40. The van der Waals surface area contributed by atoms with Gasteiger partial charge in [0, 0.05) is 30.8 Å². The third kappa shape index (κ3) is 4.80. The van der Waals surface area contributed by atoms with Crippen molar-refractivity contribution in [2.75, 3.05) is 18.4 Å². The summed E-state index contributed by atoms with van der Waals surface area (Å²) in [7, 11) is 0. The molecule has 0 bridgehead atoms. The van der Waals surface area contributed by atoms with Crippen molar-refractivity contribution in [2.45, 2.75) is 12.8 Å². The van der Waals surface area contributed by atoms with Crippen LogP contribution in [0.2, 0.25) is 0 Å². The largest absolute Gasteiger partial charge is 0.339 e. The van der Waals surface area contributed by atoms with Crippen molar-refractivity contribution >= 4 is 23.6 Å². The molecule has 4 nitrogen and oxygen atoms in total. The van der Waals surface area contributed by atoms with E-state index in [4.69, 9.17) is 0 Å². The van der Waals surface area contributed by atoms with E-state index in [2.05, 4.69) is 5.32 Å².